The van der Waals surface area contributed by atoms with Crippen LogP contribution in [0.4, 0.5) is 0 Å². The second-order valence-electron chi connectivity index (χ2n) is 8.64. The van der Waals surface area contributed by atoms with Gasteiger partial charge in [0.25, 0.3) is 0 Å². The highest BCUT2D eigenvalue weighted by atomic mass is 79.9. The van der Waals surface area contributed by atoms with Gasteiger partial charge in [0, 0.05) is 22.5 Å². The minimum atomic E-state index is 0.00702. The number of carbonyl (C=O) groups excluding carboxylic acids is 1. The van der Waals surface area contributed by atoms with Gasteiger partial charge < -0.3 is 0 Å². The fraction of sp³-hybridized carbons (Fsp3) is 0.214. The van der Waals surface area contributed by atoms with E-state index in [0.717, 1.165) is 53.3 Å². The maximum atomic E-state index is 12.8. The Morgan fingerprint density at radius 3 is 2.18 bits per heavy atom. The third-order valence-electron chi connectivity index (χ3n) is 6.46. The van der Waals surface area contributed by atoms with Crippen molar-refractivity contribution in [3.63, 3.8) is 0 Å². The normalized spacial score (nSPS) is 15.4. The van der Waals surface area contributed by atoms with Crippen molar-refractivity contribution in [3.8, 4) is 0 Å². The lowest BCUT2D eigenvalue weighted by Crippen LogP contribution is -2.39. The molecule has 0 unspecified atom stereocenters. The van der Waals surface area contributed by atoms with Crippen molar-refractivity contribution in [2.45, 2.75) is 19.4 Å². The minimum Gasteiger partial charge on any atom is -0.299 e. The minimum absolute atomic E-state index is 0.00702. The maximum absolute atomic E-state index is 12.8. The number of piperidine rings is 1. The summed E-state index contributed by atoms with van der Waals surface area (Å²) in [6, 6.07) is 27.2. The van der Waals surface area contributed by atoms with Crippen LogP contribution in [0.2, 0.25) is 0 Å². The number of hydrazone groups is 1. The van der Waals surface area contributed by atoms with Crippen LogP contribution >= 0.6 is 15.9 Å². The molecule has 1 heterocycles. The van der Waals surface area contributed by atoms with E-state index in [0.29, 0.717) is 0 Å². The van der Waals surface area contributed by atoms with E-state index in [4.69, 9.17) is 0 Å². The van der Waals surface area contributed by atoms with Crippen LogP contribution in [-0.4, -0.2) is 30.1 Å². The standard InChI is InChI=1S/C28H26BrN3O/c29-24-11-9-20(10-12-24)19-32-15-13-21(14-16-32)28(33)31-30-18-27-25-7-3-1-5-22(25)17-23-6-2-4-8-26(23)27/h1-12,17-18,21H,13-16,19H2,(H,31,33)/b30-18+. The molecule has 0 aromatic heterocycles. The quantitative estimate of drug-likeness (QED) is 0.204. The summed E-state index contributed by atoms with van der Waals surface area (Å²) >= 11 is 3.48. The fourth-order valence-corrected chi connectivity index (χ4v) is 4.91. The van der Waals surface area contributed by atoms with Gasteiger partial charge in [0.15, 0.2) is 0 Å². The number of hydrogen-bond donors (Lipinski definition) is 1. The Morgan fingerprint density at radius 2 is 1.55 bits per heavy atom. The first-order chi connectivity index (χ1) is 16.2. The average Bonchev–Trinajstić information content (AvgIpc) is 2.85. The first-order valence-electron chi connectivity index (χ1n) is 11.4. The SMILES string of the molecule is O=C(N/N=C/c1c2ccccc2cc2ccccc12)C1CCN(Cc2ccc(Br)cc2)CC1. The molecule has 166 valence electrons. The number of fused-ring (bicyclic) bond motifs is 2. The molecule has 0 saturated carbocycles. The van der Waals surface area contributed by atoms with E-state index < -0.39 is 0 Å². The molecule has 1 N–H and O–H groups in total. The molecule has 0 bridgehead atoms. The van der Waals surface area contributed by atoms with Gasteiger partial charge in [-0.15, -0.1) is 0 Å². The van der Waals surface area contributed by atoms with Gasteiger partial charge in [-0.3, -0.25) is 9.69 Å². The smallest absolute Gasteiger partial charge is 0.243 e. The third-order valence-corrected chi connectivity index (χ3v) is 6.99. The number of nitrogens with one attached hydrogen (secondary N) is 1. The molecule has 1 aliphatic rings. The Balaban J connectivity index is 1.23. The van der Waals surface area contributed by atoms with E-state index in [-0.39, 0.29) is 11.8 Å². The monoisotopic (exact) mass is 499 g/mol. The van der Waals surface area contributed by atoms with Gasteiger partial charge >= 0.3 is 0 Å². The fourth-order valence-electron chi connectivity index (χ4n) is 4.64. The van der Waals surface area contributed by atoms with Gasteiger partial charge in [-0.05, 0) is 71.2 Å². The third kappa shape index (κ3) is 5.00. The molecule has 5 rings (SSSR count). The van der Waals surface area contributed by atoms with Gasteiger partial charge in [-0.25, -0.2) is 5.43 Å². The lowest BCUT2D eigenvalue weighted by atomic mass is 9.96. The topological polar surface area (TPSA) is 44.7 Å². The summed E-state index contributed by atoms with van der Waals surface area (Å²) in [5, 5.41) is 8.98. The maximum Gasteiger partial charge on any atom is 0.243 e. The summed E-state index contributed by atoms with van der Waals surface area (Å²) in [5.74, 6) is 0.0201. The van der Waals surface area contributed by atoms with Crippen molar-refractivity contribution in [1.82, 2.24) is 10.3 Å². The van der Waals surface area contributed by atoms with Crippen LogP contribution in [0.15, 0.2) is 88.4 Å². The number of benzene rings is 4. The van der Waals surface area contributed by atoms with Crippen LogP contribution in [-0.2, 0) is 11.3 Å². The van der Waals surface area contributed by atoms with Crippen molar-refractivity contribution in [2.24, 2.45) is 11.0 Å². The van der Waals surface area contributed by atoms with E-state index >= 15 is 0 Å². The zero-order valence-electron chi connectivity index (χ0n) is 18.4. The summed E-state index contributed by atoms with van der Waals surface area (Å²) in [7, 11) is 0. The molecule has 33 heavy (non-hydrogen) atoms. The molecular weight excluding hydrogens is 474 g/mol. The Morgan fingerprint density at radius 1 is 0.939 bits per heavy atom. The Kier molecular flexibility index (Phi) is 6.51. The van der Waals surface area contributed by atoms with Crippen LogP contribution < -0.4 is 5.43 Å². The highest BCUT2D eigenvalue weighted by Crippen LogP contribution is 2.27. The summed E-state index contributed by atoms with van der Waals surface area (Å²) in [5.41, 5.74) is 5.14. The number of nitrogens with zero attached hydrogens (tertiary/aromatic N) is 2. The molecular formula is C28H26BrN3O. The molecule has 1 aliphatic heterocycles. The number of rotatable bonds is 5. The molecule has 0 spiro atoms. The molecule has 4 aromatic rings. The zero-order chi connectivity index (χ0) is 22.6. The first-order valence-corrected chi connectivity index (χ1v) is 12.2. The van der Waals surface area contributed by atoms with E-state index in [9.17, 15) is 4.79 Å². The predicted octanol–water partition coefficient (Wildman–Crippen LogP) is 6.12. The second kappa shape index (κ2) is 9.86. The lowest BCUT2D eigenvalue weighted by Gasteiger charge is -2.30. The second-order valence-corrected chi connectivity index (χ2v) is 9.56. The number of likely N-dealkylation sites (tertiary alicyclic amines) is 1. The van der Waals surface area contributed by atoms with Gasteiger partial charge in [0.05, 0.1) is 6.21 Å². The van der Waals surface area contributed by atoms with Crippen molar-refractivity contribution in [3.05, 3.63) is 94.5 Å². The molecule has 4 aromatic carbocycles. The zero-order valence-corrected chi connectivity index (χ0v) is 20.0. The van der Waals surface area contributed by atoms with Crippen LogP contribution in [0.3, 0.4) is 0 Å². The molecule has 0 atom stereocenters. The Hall–Kier alpha value is -3.02. The number of hydrogen-bond acceptors (Lipinski definition) is 3. The van der Waals surface area contributed by atoms with Crippen LogP contribution in [0.1, 0.15) is 24.0 Å². The number of halogens is 1. The van der Waals surface area contributed by atoms with Gasteiger partial charge in [-0.2, -0.15) is 5.10 Å². The molecule has 5 heteroatoms. The highest BCUT2D eigenvalue weighted by molar-refractivity contribution is 9.10. The van der Waals surface area contributed by atoms with Gasteiger partial charge in [0.1, 0.15) is 0 Å². The van der Waals surface area contributed by atoms with E-state index in [1.54, 1.807) is 6.21 Å². The van der Waals surface area contributed by atoms with Crippen LogP contribution in [0.5, 0.6) is 0 Å². The Bertz CT molecular complexity index is 1250. The summed E-state index contributed by atoms with van der Waals surface area (Å²) in [6.45, 7) is 2.77. The average molecular weight is 500 g/mol. The largest absolute Gasteiger partial charge is 0.299 e. The molecule has 0 aliphatic carbocycles. The van der Waals surface area contributed by atoms with E-state index in [1.807, 2.05) is 24.3 Å². The summed E-state index contributed by atoms with van der Waals surface area (Å²) in [4.78, 5) is 15.2. The number of carbonyl (C=O) groups is 1. The summed E-state index contributed by atoms with van der Waals surface area (Å²) < 4.78 is 1.10. The van der Waals surface area contributed by atoms with E-state index in [2.05, 4.69) is 86.0 Å². The molecule has 1 fully saturated rings. The lowest BCUT2D eigenvalue weighted by molar-refractivity contribution is -0.126. The highest BCUT2D eigenvalue weighted by Gasteiger charge is 2.24. The summed E-state index contributed by atoms with van der Waals surface area (Å²) in [6.07, 6.45) is 3.51. The van der Waals surface area contributed by atoms with Crippen molar-refractivity contribution < 1.29 is 4.79 Å². The van der Waals surface area contributed by atoms with E-state index in [1.165, 1.54) is 16.3 Å². The van der Waals surface area contributed by atoms with Crippen LogP contribution in [0, 0.1) is 5.92 Å². The first kappa shape index (κ1) is 21.8. The predicted molar refractivity (Wildman–Crippen MR) is 139 cm³/mol. The van der Waals surface area contributed by atoms with Crippen molar-refractivity contribution >= 4 is 49.6 Å². The Labute approximate surface area is 202 Å². The number of amides is 1. The van der Waals surface area contributed by atoms with Crippen molar-refractivity contribution in [2.75, 3.05) is 13.1 Å². The molecule has 1 amide bonds. The van der Waals surface area contributed by atoms with Gasteiger partial charge in [-0.1, -0.05) is 76.6 Å². The molecule has 1 saturated heterocycles. The van der Waals surface area contributed by atoms with Gasteiger partial charge in [0.2, 0.25) is 5.91 Å². The molecule has 4 nitrogen and oxygen atoms in total. The molecule has 0 radical (unpaired) electrons. The van der Waals surface area contributed by atoms with Crippen LogP contribution in [0.25, 0.3) is 21.5 Å². The van der Waals surface area contributed by atoms with Crippen molar-refractivity contribution in [1.29, 1.82) is 0 Å².